The number of halogens is 1. The molecule has 2 heterocycles. The molecule has 2 amide bonds. The zero-order chi connectivity index (χ0) is 24.8. The molecular weight excluding hydrogens is 482 g/mol. The molecule has 184 valence electrons. The number of fused-ring (bicyclic) bond motifs is 1. The number of hydrogen-bond donors (Lipinski definition) is 2. The summed E-state index contributed by atoms with van der Waals surface area (Å²) >= 11 is 7.17. The fourth-order valence-corrected chi connectivity index (χ4v) is 4.98. The molecule has 2 aromatic carbocycles. The first-order chi connectivity index (χ1) is 16.8. The van der Waals surface area contributed by atoms with E-state index < -0.39 is 5.54 Å². The minimum absolute atomic E-state index is 0.00824. The zero-order valence-electron chi connectivity index (χ0n) is 20.0. The van der Waals surface area contributed by atoms with Gasteiger partial charge < -0.3 is 20.3 Å². The van der Waals surface area contributed by atoms with Crippen LogP contribution < -0.4 is 10.6 Å². The second kappa shape index (κ2) is 11.4. The van der Waals surface area contributed by atoms with Crippen molar-refractivity contribution in [1.29, 1.82) is 0 Å². The summed E-state index contributed by atoms with van der Waals surface area (Å²) in [6.45, 7) is 4.02. The molecule has 0 saturated carbocycles. The number of anilines is 1. The molecule has 0 saturated heterocycles. The number of likely N-dealkylation sites (N-methyl/N-ethyl adjacent to an activating group) is 1. The van der Waals surface area contributed by atoms with Crippen molar-refractivity contribution >= 4 is 40.4 Å². The van der Waals surface area contributed by atoms with Gasteiger partial charge in [0.15, 0.2) is 0 Å². The fraction of sp³-hybridized carbons (Fsp3) is 0.333. The first kappa shape index (κ1) is 25.4. The summed E-state index contributed by atoms with van der Waals surface area (Å²) in [4.78, 5) is 29.2. The quantitative estimate of drug-likeness (QED) is 0.457. The van der Waals surface area contributed by atoms with Crippen LogP contribution in [0.15, 0.2) is 60.7 Å². The van der Waals surface area contributed by atoms with E-state index in [1.54, 1.807) is 19.1 Å². The summed E-state index contributed by atoms with van der Waals surface area (Å²) < 4.78 is 6.41. The molecule has 0 bridgehead atoms. The molecule has 1 atom stereocenters. The lowest BCUT2D eigenvalue weighted by atomic mass is 10.00. The van der Waals surface area contributed by atoms with Gasteiger partial charge in [-0.1, -0.05) is 48.0 Å². The van der Waals surface area contributed by atoms with Gasteiger partial charge >= 0.3 is 0 Å². The Balaban J connectivity index is 1.50. The van der Waals surface area contributed by atoms with E-state index in [1.807, 2.05) is 42.5 Å². The average molecular weight is 512 g/mol. The average Bonchev–Trinajstić information content (AvgIpc) is 3.20. The maximum atomic E-state index is 13.5. The number of nitrogens with one attached hydrogen (secondary N) is 2. The summed E-state index contributed by atoms with van der Waals surface area (Å²) in [5.74, 6) is -0.708. The van der Waals surface area contributed by atoms with Crippen molar-refractivity contribution < 1.29 is 14.3 Å². The maximum absolute atomic E-state index is 13.5. The SMILES string of the molecule is CN1CCc2ccc(NC(=O)C(C)(COCc3ccccc3)NC(=O)c3ccc(Cl)s3)cc2CC1. The number of rotatable bonds is 8. The van der Waals surface area contributed by atoms with Crippen LogP contribution in [0, 0.1) is 0 Å². The van der Waals surface area contributed by atoms with Gasteiger partial charge in [-0.05, 0) is 67.8 Å². The van der Waals surface area contributed by atoms with E-state index in [1.165, 1.54) is 22.5 Å². The van der Waals surface area contributed by atoms with Gasteiger partial charge in [-0.15, -0.1) is 11.3 Å². The number of thiophene rings is 1. The molecule has 0 radical (unpaired) electrons. The normalized spacial score (nSPS) is 15.5. The third-order valence-corrected chi connectivity index (χ3v) is 7.41. The van der Waals surface area contributed by atoms with Crippen LogP contribution >= 0.6 is 22.9 Å². The Morgan fingerprint density at radius 3 is 2.51 bits per heavy atom. The van der Waals surface area contributed by atoms with E-state index in [-0.39, 0.29) is 18.4 Å². The van der Waals surface area contributed by atoms with Crippen molar-refractivity contribution in [3.05, 3.63) is 86.6 Å². The Morgan fingerprint density at radius 1 is 1.06 bits per heavy atom. The number of ether oxygens (including phenoxy) is 1. The van der Waals surface area contributed by atoms with Gasteiger partial charge in [-0.3, -0.25) is 9.59 Å². The summed E-state index contributed by atoms with van der Waals surface area (Å²) in [6.07, 6.45) is 1.92. The molecule has 8 heteroatoms. The number of hydrogen-bond acceptors (Lipinski definition) is 5. The Bertz CT molecular complexity index is 1180. The number of amides is 2. The minimum Gasteiger partial charge on any atom is -0.374 e. The molecule has 0 fully saturated rings. The van der Waals surface area contributed by atoms with Crippen LogP contribution in [0.3, 0.4) is 0 Å². The van der Waals surface area contributed by atoms with E-state index in [9.17, 15) is 9.59 Å². The van der Waals surface area contributed by atoms with E-state index >= 15 is 0 Å². The van der Waals surface area contributed by atoms with Crippen molar-refractivity contribution in [1.82, 2.24) is 10.2 Å². The van der Waals surface area contributed by atoms with Crippen LogP contribution in [-0.4, -0.2) is 49.0 Å². The van der Waals surface area contributed by atoms with E-state index in [4.69, 9.17) is 16.3 Å². The Hall–Kier alpha value is -2.71. The number of nitrogens with zero attached hydrogens (tertiary/aromatic N) is 1. The van der Waals surface area contributed by atoms with E-state index in [0.717, 1.165) is 31.5 Å². The molecule has 6 nitrogen and oxygen atoms in total. The van der Waals surface area contributed by atoms with Crippen molar-refractivity contribution in [3.63, 3.8) is 0 Å². The highest BCUT2D eigenvalue weighted by Gasteiger charge is 2.36. The van der Waals surface area contributed by atoms with Crippen LogP contribution in [-0.2, 0) is 29.0 Å². The first-order valence-corrected chi connectivity index (χ1v) is 12.8. The Morgan fingerprint density at radius 2 is 1.80 bits per heavy atom. The standard InChI is InChI=1S/C27H30ClN3O3S/c1-27(18-34-17-19-6-4-3-5-7-19,30-25(32)23-10-11-24(28)35-23)26(33)29-22-9-8-20-12-14-31(2)15-13-21(20)16-22/h3-11,16H,12-15,17-18H2,1-2H3,(H,29,33)(H,30,32). The molecule has 2 N–H and O–H groups in total. The minimum atomic E-state index is -1.30. The third-order valence-electron chi connectivity index (χ3n) is 6.18. The smallest absolute Gasteiger partial charge is 0.262 e. The topological polar surface area (TPSA) is 70.7 Å². The van der Waals surface area contributed by atoms with Crippen molar-refractivity contribution in [3.8, 4) is 0 Å². The summed E-state index contributed by atoms with van der Waals surface area (Å²) in [5.41, 5.74) is 2.95. The second-order valence-corrected chi connectivity index (χ2v) is 10.8. The van der Waals surface area contributed by atoms with Gasteiger partial charge in [0.2, 0.25) is 0 Å². The second-order valence-electron chi connectivity index (χ2n) is 9.11. The molecule has 3 aromatic rings. The molecule has 1 aliphatic rings. The highest BCUT2D eigenvalue weighted by Crippen LogP contribution is 2.24. The lowest BCUT2D eigenvalue weighted by molar-refractivity contribution is -0.124. The highest BCUT2D eigenvalue weighted by molar-refractivity contribution is 7.18. The number of carbonyl (C=O) groups excluding carboxylic acids is 2. The predicted molar refractivity (Wildman–Crippen MR) is 141 cm³/mol. The van der Waals surface area contributed by atoms with Crippen LogP contribution in [0.2, 0.25) is 4.34 Å². The van der Waals surface area contributed by atoms with Gasteiger partial charge in [0.05, 0.1) is 22.4 Å². The lowest BCUT2D eigenvalue weighted by Gasteiger charge is -2.29. The molecular formula is C27H30ClN3O3S. The number of benzene rings is 2. The monoisotopic (exact) mass is 511 g/mol. The van der Waals surface area contributed by atoms with Crippen LogP contribution in [0.5, 0.6) is 0 Å². The van der Waals surface area contributed by atoms with Crippen molar-refractivity contribution in [2.75, 3.05) is 32.1 Å². The lowest BCUT2D eigenvalue weighted by Crippen LogP contribution is -2.57. The molecule has 4 rings (SSSR count). The molecule has 1 unspecified atom stereocenters. The predicted octanol–water partition coefficient (Wildman–Crippen LogP) is 4.78. The fourth-order valence-electron chi connectivity index (χ4n) is 4.04. The molecule has 0 aliphatic carbocycles. The first-order valence-electron chi connectivity index (χ1n) is 11.6. The molecule has 0 spiro atoms. The molecule has 35 heavy (non-hydrogen) atoms. The molecule has 1 aromatic heterocycles. The highest BCUT2D eigenvalue weighted by atomic mass is 35.5. The van der Waals surface area contributed by atoms with Crippen LogP contribution in [0.1, 0.15) is 33.3 Å². The van der Waals surface area contributed by atoms with Crippen LogP contribution in [0.25, 0.3) is 0 Å². The van der Waals surface area contributed by atoms with Gasteiger partial charge in [0, 0.05) is 18.8 Å². The van der Waals surface area contributed by atoms with Crippen molar-refractivity contribution in [2.45, 2.75) is 31.9 Å². The summed E-state index contributed by atoms with van der Waals surface area (Å²) in [5, 5.41) is 5.88. The zero-order valence-corrected chi connectivity index (χ0v) is 21.5. The van der Waals surface area contributed by atoms with Gasteiger partial charge in [-0.25, -0.2) is 0 Å². The molecule has 1 aliphatic heterocycles. The van der Waals surface area contributed by atoms with Crippen LogP contribution in [0.4, 0.5) is 5.69 Å². The summed E-state index contributed by atoms with van der Waals surface area (Å²) in [6, 6.07) is 19.1. The largest absolute Gasteiger partial charge is 0.374 e. The van der Waals surface area contributed by atoms with Gasteiger partial charge in [0.25, 0.3) is 11.8 Å². The number of carbonyl (C=O) groups is 2. The van der Waals surface area contributed by atoms with Gasteiger partial charge in [-0.2, -0.15) is 0 Å². The maximum Gasteiger partial charge on any atom is 0.262 e. The van der Waals surface area contributed by atoms with E-state index in [0.29, 0.717) is 21.5 Å². The summed E-state index contributed by atoms with van der Waals surface area (Å²) in [7, 11) is 2.12. The van der Waals surface area contributed by atoms with Gasteiger partial charge in [0.1, 0.15) is 5.54 Å². The van der Waals surface area contributed by atoms with E-state index in [2.05, 4.69) is 28.6 Å². The van der Waals surface area contributed by atoms with Crippen molar-refractivity contribution in [2.24, 2.45) is 0 Å². The Labute approximate surface area is 215 Å². The third kappa shape index (κ3) is 6.70. The Kier molecular flexibility index (Phi) is 8.23.